The predicted octanol–water partition coefficient (Wildman–Crippen LogP) is 3.04. The number of benzene rings is 2. The van der Waals surface area contributed by atoms with E-state index in [4.69, 9.17) is 18.9 Å². The van der Waals surface area contributed by atoms with Crippen LogP contribution in [0, 0.1) is 0 Å². The summed E-state index contributed by atoms with van der Waals surface area (Å²) in [4.78, 5) is 0. The maximum absolute atomic E-state index is 6.15. The molecule has 3 rings (SSSR count). The van der Waals surface area contributed by atoms with E-state index in [1.165, 1.54) is 0 Å². The molecule has 0 spiro atoms. The zero-order chi connectivity index (χ0) is 16.8. The summed E-state index contributed by atoms with van der Waals surface area (Å²) in [5, 5.41) is 3.18. The molecule has 24 heavy (non-hydrogen) atoms. The molecule has 1 heterocycles. The van der Waals surface area contributed by atoms with Crippen molar-refractivity contribution in [2.45, 2.75) is 19.4 Å². The van der Waals surface area contributed by atoms with Gasteiger partial charge in [0, 0.05) is 12.1 Å². The van der Waals surface area contributed by atoms with Gasteiger partial charge < -0.3 is 24.3 Å². The number of rotatable bonds is 7. The highest BCUT2D eigenvalue weighted by molar-refractivity contribution is 5.43. The molecule has 5 nitrogen and oxygen atoms in total. The SMILES string of the molecule is CNCc1cccc(C2OCCO2)c1OCc1ccc(OC)cc1. The Bertz CT molecular complexity index is 651. The third-order valence-corrected chi connectivity index (χ3v) is 3.91. The van der Waals surface area contributed by atoms with E-state index in [9.17, 15) is 0 Å². The third kappa shape index (κ3) is 3.87. The van der Waals surface area contributed by atoms with Gasteiger partial charge in [0.15, 0.2) is 6.29 Å². The lowest BCUT2D eigenvalue weighted by atomic mass is 10.1. The fourth-order valence-electron chi connectivity index (χ4n) is 2.71. The van der Waals surface area contributed by atoms with Gasteiger partial charge in [0.05, 0.1) is 25.9 Å². The average molecular weight is 329 g/mol. The van der Waals surface area contributed by atoms with Crippen molar-refractivity contribution in [1.82, 2.24) is 5.32 Å². The maximum Gasteiger partial charge on any atom is 0.187 e. The first-order valence-corrected chi connectivity index (χ1v) is 8.07. The molecule has 5 heteroatoms. The van der Waals surface area contributed by atoms with Gasteiger partial charge in [-0.3, -0.25) is 0 Å². The van der Waals surface area contributed by atoms with Crippen LogP contribution in [0.2, 0.25) is 0 Å². The van der Waals surface area contributed by atoms with Gasteiger partial charge in [-0.05, 0) is 24.7 Å². The summed E-state index contributed by atoms with van der Waals surface area (Å²) in [5.74, 6) is 1.66. The van der Waals surface area contributed by atoms with Gasteiger partial charge in [0.25, 0.3) is 0 Å². The first kappa shape index (κ1) is 16.8. The number of hydrogen-bond donors (Lipinski definition) is 1. The Morgan fingerprint density at radius 3 is 2.50 bits per heavy atom. The van der Waals surface area contributed by atoms with Crippen molar-refractivity contribution >= 4 is 0 Å². The fraction of sp³-hybridized carbons (Fsp3) is 0.368. The van der Waals surface area contributed by atoms with Crippen LogP contribution < -0.4 is 14.8 Å². The normalized spacial score (nSPS) is 14.8. The Balaban J connectivity index is 1.80. The van der Waals surface area contributed by atoms with Gasteiger partial charge in [-0.15, -0.1) is 0 Å². The lowest BCUT2D eigenvalue weighted by molar-refractivity contribution is -0.0459. The van der Waals surface area contributed by atoms with E-state index in [0.717, 1.165) is 34.7 Å². The Labute approximate surface area is 142 Å². The van der Waals surface area contributed by atoms with E-state index in [1.54, 1.807) is 7.11 Å². The van der Waals surface area contributed by atoms with E-state index in [-0.39, 0.29) is 6.29 Å². The van der Waals surface area contributed by atoms with Crippen LogP contribution in [0.5, 0.6) is 11.5 Å². The predicted molar refractivity (Wildman–Crippen MR) is 91.2 cm³/mol. The molecule has 1 aliphatic heterocycles. The molecular formula is C19H23NO4. The Hall–Kier alpha value is -2.08. The number of hydrogen-bond acceptors (Lipinski definition) is 5. The van der Waals surface area contributed by atoms with Gasteiger partial charge in [0.1, 0.15) is 18.1 Å². The summed E-state index contributed by atoms with van der Waals surface area (Å²) in [5.41, 5.74) is 3.10. The van der Waals surface area contributed by atoms with Crippen LogP contribution >= 0.6 is 0 Å². The quantitative estimate of drug-likeness (QED) is 0.846. The molecule has 1 N–H and O–H groups in total. The Kier molecular flexibility index (Phi) is 5.69. The number of nitrogens with one attached hydrogen (secondary N) is 1. The molecule has 1 fully saturated rings. The van der Waals surface area contributed by atoms with Crippen LogP contribution in [0.15, 0.2) is 42.5 Å². The van der Waals surface area contributed by atoms with Gasteiger partial charge in [0.2, 0.25) is 0 Å². The van der Waals surface area contributed by atoms with Crippen molar-refractivity contribution in [3.05, 3.63) is 59.2 Å². The first-order valence-electron chi connectivity index (χ1n) is 8.07. The second kappa shape index (κ2) is 8.15. The molecule has 0 radical (unpaired) electrons. The summed E-state index contributed by atoms with van der Waals surface area (Å²) in [6.45, 7) is 2.42. The fourth-order valence-corrected chi connectivity index (χ4v) is 2.71. The molecule has 0 aromatic heterocycles. The molecule has 1 saturated heterocycles. The molecule has 0 amide bonds. The largest absolute Gasteiger partial charge is 0.497 e. The number of ether oxygens (including phenoxy) is 4. The van der Waals surface area contributed by atoms with E-state index in [2.05, 4.69) is 11.4 Å². The van der Waals surface area contributed by atoms with E-state index in [0.29, 0.717) is 19.8 Å². The molecule has 0 unspecified atom stereocenters. The molecular weight excluding hydrogens is 306 g/mol. The van der Waals surface area contributed by atoms with E-state index < -0.39 is 0 Å². The van der Waals surface area contributed by atoms with E-state index >= 15 is 0 Å². The van der Waals surface area contributed by atoms with E-state index in [1.807, 2.05) is 43.4 Å². The lowest BCUT2D eigenvalue weighted by Crippen LogP contribution is -2.11. The van der Waals surface area contributed by atoms with Gasteiger partial charge >= 0.3 is 0 Å². The summed E-state index contributed by atoms with van der Waals surface area (Å²) in [6.07, 6.45) is -0.354. The summed E-state index contributed by atoms with van der Waals surface area (Å²) in [6, 6.07) is 13.9. The average Bonchev–Trinajstić information content (AvgIpc) is 3.15. The van der Waals surface area contributed by atoms with Crippen LogP contribution in [-0.4, -0.2) is 27.4 Å². The van der Waals surface area contributed by atoms with Gasteiger partial charge in [-0.1, -0.05) is 30.3 Å². The lowest BCUT2D eigenvalue weighted by Gasteiger charge is -2.19. The van der Waals surface area contributed by atoms with Crippen LogP contribution in [0.1, 0.15) is 23.0 Å². The molecule has 0 bridgehead atoms. The topological polar surface area (TPSA) is 49.0 Å². The van der Waals surface area contributed by atoms with Gasteiger partial charge in [-0.25, -0.2) is 0 Å². The summed E-state index contributed by atoms with van der Waals surface area (Å²) >= 11 is 0. The summed E-state index contributed by atoms with van der Waals surface area (Å²) < 4.78 is 22.7. The standard InChI is InChI=1S/C19H23NO4/c1-20-12-15-4-3-5-17(19-22-10-11-23-19)18(15)24-13-14-6-8-16(21-2)9-7-14/h3-9,19-20H,10-13H2,1-2H3. The first-order chi connectivity index (χ1) is 11.8. The molecule has 2 aromatic carbocycles. The van der Waals surface area contributed by atoms with Crippen LogP contribution in [0.4, 0.5) is 0 Å². The minimum absolute atomic E-state index is 0.354. The third-order valence-electron chi connectivity index (χ3n) is 3.91. The van der Waals surface area contributed by atoms with Gasteiger partial charge in [-0.2, -0.15) is 0 Å². The zero-order valence-corrected chi connectivity index (χ0v) is 14.1. The highest BCUT2D eigenvalue weighted by Gasteiger charge is 2.23. The molecule has 0 atom stereocenters. The highest BCUT2D eigenvalue weighted by Crippen LogP contribution is 2.34. The molecule has 1 aliphatic rings. The second-order valence-electron chi connectivity index (χ2n) is 5.58. The van der Waals surface area contributed by atoms with Crippen molar-refractivity contribution < 1.29 is 18.9 Å². The Morgan fingerprint density at radius 1 is 1.08 bits per heavy atom. The second-order valence-corrected chi connectivity index (χ2v) is 5.58. The highest BCUT2D eigenvalue weighted by atomic mass is 16.7. The van der Waals surface area contributed by atoms with Crippen molar-refractivity contribution in [3.8, 4) is 11.5 Å². The molecule has 2 aromatic rings. The van der Waals surface area contributed by atoms with Crippen LogP contribution in [-0.2, 0) is 22.6 Å². The van der Waals surface area contributed by atoms with Crippen molar-refractivity contribution in [1.29, 1.82) is 0 Å². The van der Waals surface area contributed by atoms with Crippen molar-refractivity contribution in [3.63, 3.8) is 0 Å². The monoisotopic (exact) mass is 329 g/mol. The Morgan fingerprint density at radius 2 is 1.83 bits per heavy atom. The van der Waals surface area contributed by atoms with Crippen LogP contribution in [0.25, 0.3) is 0 Å². The molecule has 0 saturated carbocycles. The minimum Gasteiger partial charge on any atom is -0.497 e. The van der Waals surface area contributed by atoms with Crippen molar-refractivity contribution in [2.24, 2.45) is 0 Å². The van der Waals surface area contributed by atoms with Crippen molar-refractivity contribution in [2.75, 3.05) is 27.4 Å². The minimum atomic E-state index is -0.354. The zero-order valence-electron chi connectivity index (χ0n) is 14.1. The molecule has 0 aliphatic carbocycles. The number of para-hydroxylation sites is 1. The van der Waals surface area contributed by atoms with Crippen LogP contribution in [0.3, 0.4) is 0 Å². The number of methoxy groups -OCH3 is 1. The summed E-state index contributed by atoms with van der Waals surface area (Å²) in [7, 11) is 3.58. The smallest absolute Gasteiger partial charge is 0.187 e. The maximum atomic E-state index is 6.15. The molecule has 128 valence electrons.